The number of nitrogens with zero attached hydrogens (tertiary/aromatic N) is 1. The van der Waals surface area contributed by atoms with E-state index in [4.69, 9.17) is 5.73 Å². The van der Waals surface area contributed by atoms with Crippen molar-refractivity contribution < 1.29 is 5.11 Å². The van der Waals surface area contributed by atoms with Gasteiger partial charge >= 0.3 is 0 Å². The van der Waals surface area contributed by atoms with Crippen LogP contribution in [0.5, 0.6) is 0 Å². The van der Waals surface area contributed by atoms with E-state index in [1.165, 1.54) is 0 Å². The van der Waals surface area contributed by atoms with Crippen molar-refractivity contribution in [2.24, 2.45) is 5.73 Å². The van der Waals surface area contributed by atoms with Crippen LogP contribution < -0.4 is 5.73 Å². The third-order valence-corrected chi connectivity index (χ3v) is 1.50. The maximum atomic E-state index is 9.29. The maximum Gasteiger partial charge on any atom is 0.0927 e. The molecule has 3 heteroatoms. The lowest BCUT2D eigenvalue weighted by atomic mass is 10.1. The van der Waals surface area contributed by atoms with Gasteiger partial charge in [-0.3, -0.25) is 4.98 Å². The number of aromatic nitrogens is 1. The minimum atomic E-state index is -0.581. The summed E-state index contributed by atoms with van der Waals surface area (Å²) in [6.45, 7) is 2.17. The highest BCUT2D eigenvalue weighted by molar-refractivity contribution is 5.18. The molecule has 0 radical (unpaired) electrons. The Bertz CT molecular complexity index is 237. The predicted octanol–water partition coefficient (Wildman–Crippen LogP) is 0.382. The summed E-state index contributed by atoms with van der Waals surface area (Å²) < 4.78 is 0. The highest BCUT2D eigenvalue weighted by atomic mass is 16.3. The van der Waals surface area contributed by atoms with Gasteiger partial charge < -0.3 is 10.8 Å². The zero-order valence-corrected chi connectivity index (χ0v) is 6.49. The quantitative estimate of drug-likeness (QED) is 0.644. The second-order valence-electron chi connectivity index (χ2n) is 2.55. The van der Waals surface area contributed by atoms with Crippen LogP contribution in [0.3, 0.4) is 0 Å². The van der Waals surface area contributed by atoms with Crippen LogP contribution in [-0.4, -0.2) is 16.6 Å². The van der Waals surface area contributed by atoms with E-state index < -0.39 is 6.10 Å². The number of nitrogens with two attached hydrogens (primary N) is 1. The molecular formula is C8H12N2O. The monoisotopic (exact) mass is 152 g/mol. The summed E-state index contributed by atoms with van der Waals surface area (Å²) in [5, 5.41) is 9.29. The molecule has 0 fully saturated rings. The van der Waals surface area contributed by atoms with E-state index >= 15 is 0 Å². The molecule has 0 spiro atoms. The Labute approximate surface area is 65.9 Å². The Morgan fingerprint density at radius 2 is 2.36 bits per heavy atom. The first-order valence-electron chi connectivity index (χ1n) is 3.53. The highest BCUT2D eigenvalue weighted by Crippen LogP contribution is 2.10. The van der Waals surface area contributed by atoms with Crippen molar-refractivity contribution in [2.75, 3.05) is 6.54 Å². The summed E-state index contributed by atoms with van der Waals surface area (Å²) >= 11 is 0. The third kappa shape index (κ3) is 2.00. The van der Waals surface area contributed by atoms with Gasteiger partial charge in [-0.05, 0) is 12.5 Å². The summed E-state index contributed by atoms with van der Waals surface area (Å²) in [5.74, 6) is 0. The Balaban J connectivity index is 2.86. The van der Waals surface area contributed by atoms with Gasteiger partial charge in [0.05, 0.1) is 6.10 Å². The van der Waals surface area contributed by atoms with Crippen molar-refractivity contribution in [3.05, 3.63) is 29.6 Å². The van der Waals surface area contributed by atoms with Gasteiger partial charge in [0.2, 0.25) is 0 Å². The number of aliphatic hydroxyl groups excluding tert-OH is 1. The SMILES string of the molecule is Cc1cncc([C@H](O)CN)c1. The zero-order valence-electron chi connectivity index (χ0n) is 6.49. The van der Waals surface area contributed by atoms with Crippen LogP contribution in [0.1, 0.15) is 17.2 Å². The molecule has 1 aromatic heterocycles. The summed E-state index contributed by atoms with van der Waals surface area (Å²) in [6, 6.07) is 1.88. The molecule has 60 valence electrons. The maximum absolute atomic E-state index is 9.29. The zero-order chi connectivity index (χ0) is 8.27. The standard InChI is InChI=1S/C8H12N2O/c1-6-2-7(5-10-4-6)8(11)3-9/h2,4-5,8,11H,3,9H2,1H3/t8-/m1/s1. The fourth-order valence-corrected chi connectivity index (χ4v) is 0.897. The van der Waals surface area contributed by atoms with Gasteiger partial charge in [0.25, 0.3) is 0 Å². The van der Waals surface area contributed by atoms with E-state index in [2.05, 4.69) is 4.98 Å². The lowest BCUT2D eigenvalue weighted by molar-refractivity contribution is 0.186. The number of aryl methyl sites for hydroxylation is 1. The topological polar surface area (TPSA) is 59.1 Å². The molecule has 0 aromatic carbocycles. The van der Waals surface area contributed by atoms with Crippen molar-refractivity contribution in [3.8, 4) is 0 Å². The largest absolute Gasteiger partial charge is 0.387 e. The second kappa shape index (κ2) is 3.46. The predicted molar refractivity (Wildman–Crippen MR) is 43.0 cm³/mol. The van der Waals surface area contributed by atoms with E-state index in [-0.39, 0.29) is 6.54 Å². The summed E-state index contributed by atoms with van der Waals surface area (Å²) in [6.07, 6.45) is 2.79. The van der Waals surface area contributed by atoms with Crippen molar-refractivity contribution in [2.45, 2.75) is 13.0 Å². The van der Waals surface area contributed by atoms with Crippen molar-refractivity contribution >= 4 is 0 Å². The molecule has 0 saturated carbocycles. The molecule has 3 nitrogen and oxygen atoms in total. The molecule has 0 unspecified atom stereocenters. The number of rotatable bonds is 2. The van der Waals surface area contributed by atoms with Gasteiger partial charge in [-0.15, -0.1) is 0 Å². The fraction of sp³-hybridized carbons (Fsp3) is 0.375. The Hall–Kier alpha value is -0.930. The van der Waals surface area contributed by atoms with Crippen LogP contribution in [0.2, 0.25) is 0 Å². The summed E-state index contributed by atoms with van der Waals surface area (Å²) in [7, 11) is 0. The van der Waals surface area contributed by atoms with Crippen molar-refractivity contribution in [3.63, 3.8) is 0 Å². The Morgan fingerprint density at radius 1 is 1.64 bits per heavy atom. The Morgan fingerprint density at radius 3 is 2.91 bits per heavy atom. The minimum absolute atomic E-state index is 0.241. The van der Waals surface area contributed by atoms with Crippen LogP contribution in [0.25, 0.3) is 0 Å². The minimum Gasteiger partial charge on any atom is -0.387 e. The molecule has 1 atom stereocenters. The molecule has 1 aromatic rings. The normalized spacial score (nSPS) is 13.0. The lowest BCUT2D eigenvalue weighted by Gasteiger charge is -2.06. The van der Waals surface area contributed by atoms with Crippen LogP contribution in [0.4, 0.5) is 0 Å². The lowest BCUT2D eigenvalue weighted by Crippen LogP contribution is -2.11. The third-order valence-electron chi connectivity index (χ3n) is 1.50. The smallest absolute Gasteiger partial charge is 0.0927 e. The molecular weight excluding hydrogens is 140 g/mol. The molecule has 0 bridgehead atoms. The first kappa shape index (κ1) is 8.17. The van der Waals surface area contributed by atoms with E-state index in [1.54, 1.807) is 12.4 Å². The van der Waals surface area contributed by atoms with Crippen LogP contribution in [0, 0.1) is 6.92 Å². The number of pyridine rings is 1. The average Bonchev–Trinajstić information content (AvgIpc) is 2.03. The summed E-state index contributed by atoms with van der Waals surface area (Å²) in [4.78, 5) is 3.94. The van der Waals surface area contributed by atoms with Crippen LogP contribution in [-0.2, 0) is 0 Å². The van der Waals surface area contributed by atoms with Gasteiger partial charge in [-0.25, -0.2) is 0 Å². The molecule has 0 aliphatic carbocycles. The van der Waals surface area contributed by atoms with E-state index in [1.807, 2.05) is 13.0 Å². The number of hydrogen-bond donors (Lipinski definition) is 2. The fourth-order valence-electron chi connectivity index (χ4n) is 0.897. The van der Waals surface area contributed by atoms with Gasteiger partial charge in [0, 0.05) is 24.5 Å². The van der Waals surface area contributed by atoms with E-state index in [0.717, 1.165) is 11.1 Å². The first-order valence-corrected chi connectivity index (χ1v) is 3.53. The molecule has 1 heterocycles. The highest BCUT2D eigenvalue weighted by Gasteiger charge is 2.03. The van der Waals surface area contributed by atoms with Crippen molar-refractivity contribution in [1.29, 1.82) is 0 Å². The number of hydrogen-bond acceptors (Lipinski definition) is 3. The van der Waals surface area contributed by atoms with Gasteiger partial charge in [0.1, 0.15) is 0 Å². The van der Waals surface area contributed by atoms with Crippen molar-refractivity contribution in [1.82, 2.24) is 4.98 Å². The molecule has 0 aliphatic heterocycles. The van der Waals surface area contributed by atoms with Crippen LogP contribution >= 0.6 is 0 Å². The number of aliphatic hydroxyl groups is 1. The first-order chi connectivity index (χ1) is 5.24. The second-order valence-corrected chi connectivity index (χ2v) is 2.55. The van der Waals surface area contributed by atoms with Crippen LogP contribution in [0.15, 0.2) is 18.5 Å². The van der Waals surface area contributed by atoms with E-state index in [0.29, 0.717) is 0 Å². The molecule has 0 saturated heterocycles. The molecule has 3 N–H and O–H groups in total. The average molecular weight is 152 g/mol. The molecule has 0 amide bonds. The molecule has 11 heavy (non-hydrogen) atoms. The molecule has 0 aliphatic rings. The summed E-state index contributed by atoms with van der Waals surface area (Å²) in [5.41, 5.74) is 7.10. The van der Waals surface area contributed by atoms with Gasteiger partial charge in [-0.2, -0.15) is 0 Å². The molecule has 1 rings (SSSR count). The van der Waals surface area contributed by atoms with Gasteiger partial charge in [0.15, 0.2) is 0 Å². The van der Waals surface area contributed by atoms with E-state index in [9.17, 15) is 5.11 Å². The Kier molecular flexibility index (Phi) is 2.57. The van der Waals surface area contributed by atoms with Gasteiger partial charge in [-0.1, -0.05) is 6.07 Å².